The molecule has 0 radical (unpaired) electrons. The first kappa shape index (κ1) is 21.3. The number of nitrogens with zero attached hydrogens (tertiary/aromatic N) is 1. The van der Waals surface area contributed by atoms with E-state index in [1.807, 2.05) is 19.1 Å². The fourth-order valence-corrected chi connectivity index (χ4v) is 2.77. The van der Waals surface area contributed by atoms with Crippen molar-refractivity contribution in [1.29, 1.82) is 0 Å². The molecule has 2 aromatic carbocycles. The molecule has 0 unspecified atom stereocenters. The fourth-order valence-electron chi connectivity index (χ4n) is 2.77. The number of hydrogen-bond donors (Lipinski definition) is 2. The van der Waals surface area contributed by atoms with E-state index in [4.69, 9.17) is 14.2 Å². The first-order chi connectivity index (χ1) is 13.6. The second kappa shape index (κ2) is 11.0. The van der Waals surface area contributed by atoms with Crippen LogP contribution in [0.15, 0.2) is 41.4 Å². The Kier molecular flexibility index (Phi) is 8.39. The van der Waals surface area contributed by atoms with Gasteiger partial charge in [0.2, 0.25) is 5.75 Å². The van der Waals surface area contributed by atoms with Crippen molar-refractivity contribution in [2.24, 2.45) is 4.99 Å². The van der Waals surface area contributed by atoms with Crippen molar-refractivity contribution in [3.8, 4) is 17.2 Å². The maximum atomic E-state index is 13.0. The summed E-state index contributed by atoms with van der Waals surface area (Å²) >= 11 is 0. The first-order valence-electron chi connectivity index (χ1n) is 9.17. The molecule has 0 saturated carbocycles. The van der Waals surface area contributed by atoms with Gasteiger partial charge in [0, 0.05) is 18.7 Å². The maximum absolute atomic E-state index is 13.0. The Labute approximate surface area is 165 Å². The molecule has 0 bridgehead atoms. The third-order valence-corrected chi connectivity index (χ3v) is 4.16. The summed E-state index contributed by atoms with van der Waals surface area (Å²) in [5.41, 5.74) is 1.95. The van der Waals surface area contributed by atoms with Gasteiger partial charge in [0.1, 0.15) is 5.82 Å². The number of ether oxygens (including phenoxy) is 3. The zero-order chi connectivity index (χ0) is 20.4. The SMILES string of the molecule is CCNC(=NCc1ccc(OC)c(OC)c1OC)NCCc1ccc(F)cc1. The number of rotatable bonds is 9. The average molecular weight is 389 g/mol. The van der Waals surface area contributed by atoms with Gasteiger partial charge in [-0.2, -0.15) is 0 Å². The molecular weight excluding hydrogens is 361 g/mol. The molecule has 0 heterocycles. The van der Waals surface area contributed by atoms with Crippen molar-refractivity contribution < 1.29 is 18.6 Å². The molecule has 0 saturated heterocycles. The average Bonchev–Trinajstić information content (AvgIpc) is 2.72. The van der Waals surface area contributed by atoms with Gasteiger partial charge < -0.3 is 24.8 Å². The molecule has 0 aromatic heterocycles. The van der Waals surface area contributed by atoms with Crippen LogP contribution in [-0.2, 0) is 13.0 Å². The van der Waals surface area contributed by atoms with Crippen molar-refractivity contribution in [3.63, 3.8) is 0 Å². The highest BCUT2D eigenvalue weighted by Gasteiger charge is 2.15. The Hall–Kier alpha value is -2.96. The topological polar surface area (TPSA) is 64.1 Å². The van der Waals surface area contributed by atoms with Crippen LogP contribution in [0.4, 0.5) is 4.39 Å². The summed E-state index contributed by atoms with van der Waals surface area (Å²) in [7, 11) is 4.76. The molecule has 0 spiro atoms. The lowest BCUT2D eigenvalue weighted by Gasteiger charge is -2.16. The number of guanidine groups is 1. The van der Waals surface area contributed by atoms with E-state index in [-0.39, 0.29) is 5.82 Å². The molecule has 0 aliphatic heterocycles. The summed E-state index contributed by atoms with van der Waals surface area (Å²) in [6.07, 6.45) is 0.768. The smallest absolute Gasteiger partial charge is 0.203 e. The minimum absolute atomic E-state index is 0.226. The molecule has 2 aromatic rings. The Morgan fingerprint density at radius 3 is 2.25 bits per heavy atom. The third-order valence-electron chi connectivity index (χ3n) is 4.16. The van der Waals surface area contributed by atoms with Crippen LogP contribution in [0.5, 0.6) is 17.2 Å². The van der Waals surface area contributed by atoms with Gasteiger partial charge in [-0.15, -0.1) is 0 Å². The standard InChI is InChI=1S/C21H28FN3O3/c1-5-23-21(24-13-12-15-6-9-17(22)10-7-15)25-14-16-8-11-18(26-2)20(28-4)19(16)27-3/h6-11H,5,12-14H2,1-4H3,(H2,23,24,25). The lowest BCUT2D eigenvalue weighted by Crippen LogP contribution is -2.38. The van der Waals surface area contributed by atoms with E-state index in [9.17, 15) is 4.39 Å². The molecule has 0 amide bonds. The van der Waals surface area contributed by atoms with Crippen LogP contribution in [0.25, 0.3) is 0 Å². The van der Waals surface area contributed by atoms with Gasteiger partial charge in [0.15, 0.2) is 17.5 Å². The van der Waals surface area contributed by atoms with Gasteiger partial charge in [0.05, 0.1) is 27.9 Å². The van der Waals surface area contributed by atoms with Crippen molar-refractivity contribution in [2.75, 3.05) is 34.4 Å². The molecular formula is C21H28FN3O3. The van der Waals surface area contributed by atoms with Crippen LogP contribution in [0.1, 0.15) is 18.1 Å². The Morgan fingerprint density at radius 2 is 1.64 bits per heavy atom. The van der Waals surface area contributed by atoms with Crippen molar-refractivity contribution >= 4 is 5.96 Å². The highest BCUT2D eigenvalue weighted by Crippen LogP contribution is 2.39. The molecule has 28 heavy (non-hydrogen) atoms. The monoisotopic (exact) mass is 389 g/mol. The molecule has 0 fully saturated rings. The number of halogens is 1. The van der Waals surface area contributed by atoms with Gasteiger partial charge in [0.25, 0.3) is 0 Å². The van der Waals surface area contributed by atoms with Gasteiger partial charge in [-0.1, -0.05) is 12.1 Å². The van der Waals surface area contributed by atoms with E-state index >= 15 is 0 Å². The molecule has 6 nitrogen and oxygen atoms in total. The minimum atomic E-state index is -0.226. The molecule has 2 N–H and O–H groups in total. The summed E-state index contributed by atoms with van der Waals surface area (Å²) in [5, 5.41) is 6.51. The Bertz CT molecular complexity index is 779. The van der Waals surface area contributed by atoms with E-state index in [2.05, 4.69) is 15.6 Å². The zero-order valence-electron chi connectivity index (χ0n) is 16.8. The Balaban J connectivity index is 2.06. The number of methoxy groups -OCH3 is 3. The van der Waals surface area contributed by atoms with Crippen LogP contribution < -0.4 is 24.8 Å². The van der Waals surface area contributed by atoms with Gasteiger partial charge >= 0.3 is 0 Å². The lowest BCUT2D eigenvalue weighted by atomic mass is 10.1. The zero-order valence-corrected chi connectivity index (χ0v) is 16.8. The van der Waals surface area contributed by atoms with Gasteiger partial charge in [-0.05, 0) is 43.2 Å². The maximum Gasteiger partial charge on any atom is 0.203 e. The van der Waals surface area contributed by atoms with E-state index in [1.54, 1.807) is 33.5 Å². The molecule has 7 heteroatoms. The second-order valence-electron chi connectivity index (χ2n) is 5.99. The Morgan fingerprint density at radius 1 is 0.929 bits per heavy atom. The van der Waals surface area contributed by atoms with Gasteiger partial charge in [-0.25, -0.2) is 9.38 Å². The molecule has 2 rings (SSSR count). The number of nitrogens with one attached hydrogen (secondary N) is 2. The first-order valence-corrected chi connectivity index (χ1v) is 9.17. The van der Waals surface area contributed by atoms with Crippen LogP contribution in [0, 0.1) is 5.82 Å². The highest BCUT2D eigenvalue weighted by atomic mass is 19.1. The number of benzene rings is 2. The van der Waals surface area contributed by atoms with Crippen LogP contribution in [0.3, 0.4) is 0 Å². The predicted octanol–water partition coefficient (Wildman–Crippen LogP) is 3.15. The molecule has 0 aliphatic rings. The van der Waals surface area contributed by atoms with Crippen molar-refractivity contribution in [1.82, 2.24) is 10.6 Å². The van der Waals surface area contributed by atoms with Crippen LogP contribution >= 0.6 is 0 Å². The van der Waals surface area contributed by atoms with Crippen molar-refractivity contribution in [3.05, 3.63) is 53.3 Å². The molecule has 152 valence electrons. The lowest BCUT2D eigenvalue weighted by molar-refractivity contribution is 0.322. The molecule has 0 aliphatic carbocycles. The third kappa shape index (κ3) is 5.77. The normalized spacial score (nSPS) is 11.1. The van der Waals surface area contributed by atoms with E-state index < -0.39 is 0 Å². The summed E-state index contributed by atoms with van der Waals surface area (Å²) in [4.78, 5) is 4.63. The minimum Gasteiger partial charge on any atom is -0.493 e. The molecule has 0 atom stereocenters. The summed E-state index contributed by atoms with van der Waals surface area (Å²) in [6.45, 7) is 3.84. The van der Waals surface area contributed by atoms with E-state index in [0.717, 1.165) is 24.1 Å². The summed E-state index contributed by atoms with van der Waals surface area (Å²) < 4.78 is 29.2. The predicted molar refractivity (Wildman–Crippen MR) is 109 cm³/mol. The van der Waals surface area contributed by atoms with E-state index in [0.29, 0.717) is 36.3 Å². The fraction of sp³-hybridized carbons (Fsp3) is 0.381. The quantitative estimate of drug-likeness (QED) is 0.510. The van der Waals surface area contributed by atoms with Crippen LogP contribution in [0.2, 0.25) is 0 Å². The highest BCUT2D eigenvalue weighted by molar-refractivity contribution is 5.79. The largest absolute Gasteiger partial charge is 0.493 e. The van der Waals surface area contributed by atoms with E-state index in [1.165, 1.54) is 12.1 Å². The number of aliphatic imine (C=N–C) groups is 1. The van der Waals surface area contributed by atoms with Crippen molar-refractivity contribution in [2.45, 2.75) is 19.9 Å². The van der Waals surface area contributed by atoms with Crippen LogP contribution in [-0.4, -0.2) is 40.4 Å². The number of hydrogen-bond acceptors (Lipinski definition) is 4. The summed E-state index contributed by atoms with van der Waals surface area (Å²) in [5.74, 6) is 2.23. The van der Waals surface area contributed by atoms with Gasteiger partial charge in [-0.3, -0.25) is 0 Å². The summed E-state index contributed by atoms with van der Waals surface area (Å²) in [6, 6.07) is 10.3. The second-order valence-corrected chi connectivity index (χ2v) is 5.99.